The zero-order valence-corrected chi connectivity index (χ0v) is 19.5. The number of aliphatic imine (C=N–C) groups is 1. The molecule has 0 saturated heterocycles. The second-order valence-electron chi connectivity index (χ2n) is 8.73. The Morgan fingerprint density at radius 2 is 1.97 bits per heavy atom. The maximum absolute atomic E-state index is 12.1. The highest BCUT2D eigenvalue weighted by Gasteiger charge is 2.22. The second kappa shape index (κ2) is 11.1. The van der Waals surface area contributed by atoms with E-state index >= 15 is 0 Å². The molecule has 0 saturated carbocycles. The summed E-state index contributed by atoms with van der Waals surface area (Å²) in [4.78, 5) is 18.6. The minimum atomic E-state index is -0.504. The van der Waals surface area contributed by atoms with E-state index in [9.17, 15) is 4.79 Å². The van der Waals surface area contributed by atoms with E-state index in [0.717, 1.165) is 48.9 Å². The zero-order valence-electron chi connectivity index (χ0n) is 19.5. The van der Waals surface area contributed by atoms with E-state index in [1.54, 1.807) is 7.05 Å². The van der Waals surface area contributed by atoms with E-state index in [2.05, 4.69) is 39.5 Å². The number of carbonyl (C=O) groups excluding carboxylic acids is 1. The van der Waals surface area contributed by atoms with Crippen molar-refractivity contribution < 1.29 is 14.1 Å². The standard InChI is InChI=1S/C21H39N5O3/c1-14(2)18(24-20(27)28-21(5,6)7)11-13-26(9)19(22-8)23-12-10-17-15(3)25-29-16(17)4/h14,18H,10-13H2,1-9H3,(H,22,23)(H,24,27). The summed E-state index contributed by atoms with van der Waals surface area (Å²) in [6.07, 6.45) is 1.24. The molecule has 1 atom stereocenters. The van der Waals surface area contributed by atoms with E-state index in [1.165, 1.54) is 0 Å². The van der Waals surface area contributed by atoms with E-state index in [-0.39, 0.29) is 12.1 Å². The maximum atomic E-state index is 12.1. The van der Waals surface area contributed by atoms with Crippen LogP contribution in [0.4, 0.5) is 4.79 Å². The molecular weight excluding hydrogens is 370 g/mol. The SMILES string of the molecule is CN=C(NCCc1c(C)noc1C)N(C)CCC(NC(=O)OC(C)(C)C)C(C)C. The fourth-order valence-corrected chi connectivity index (χ4v) is 3.01. The molecule has 0 radical (unpaired) electrons. The molecule has 1 heterocycles. The van der Waals surface area contributed by atoms with Crippen molar-refractivity contribution in [2.75, 3.05) is 27.2 Å². The Bertz CT molecular complexity index is 657. The molecule has 166 valence electrons. The van der Waals surface area contributed by atoms with Crippen molar-refractivity contribution in [1.29, 1.82) is 0 Å². The number of rotatable bonds is 8. The average Bonchev–Trinajstić information content (AvgIpc) is 2.91. The molecule has 29 heavy (non-hydrogen) atoms. The molecule has 1 aromatic heterocycles. The van der Waals surface area contributed by atoms with Gasteiger partial charge in [0.1, 0.15) is 11.4 Å². The van der Waals surface area contributed by atoms with Gasteiger partial charge in [0.25, 0.3) is 0 Å². The van der Waals surface area contributed by atoms with Gasteiger partial charge in [-0.15, -0.1) is 0 Å². The van der Waals surface area contributed by atoms with Gasteiger partial charge in [-0.3, -0.25) is 4.99 Å². The van der Waals surface area contributed by atoms with Gasteiger partial charge in [0, 0.05) is 38.8 Å². The van der Waals surface area contributed by atoms with Crippen molar-refractivity contribution in [3.63, 3.8) is 0 Å². The van der Waals surface area contributed by atoms with Gasteiger partial charge in [0.2, 0.25) is 0 Å². The smallest absolute Gasteiger partial charge is 0.407 e. The van der Waals surface area contributed by atoms with Crippen LogP contribution in [0.2, 0.25) is 0 Å². The number of nitrogens with zero attached hydrogens (tertiary/aromatic N) is 3. The maximum Gasteiger partial charge on any atom is 0.407 e. The first-order valence-corrected chi connectivity index (χ1v) is 10.3. The van der Waals surface area contributed by atoms with Crippen LogP contribution < -0.4 is 10.6 Å². The monoisotopic (exact) mass is 409 g/mol. The lowest BCUT2D eigenvalue weighted by Crippen LogP contribution is -2.45. The van der Waals surface area contributed by atoms with Crippen LogP contribution in [-0.2, 0) is 11.2 Å². The van der Waals surface area contributed by atoms with Crippen molar-refractivity contribution in [2.45, 2.75) is 73.0 Å². The molecule has 0 bridgehead atoms. The Labute approximate surface area is 175 Å². The van der Waals surface area contributed by atoms with Gasteiger partial charge in [-0.05, 0) is 53.4 Å². The van der Waals surface area contributed by atoms with Gasteiger partial charge in [-0.2, -0.15) is 0 Å². The first-order valence-electron chi connectivity index (χ1n) is 10.3. The predicted octanol–water partition coefficient (Wildman–Crippen LogP) is 3.28. The highest BCUT2D eigenvalue weighted by atomic mass is 16.6. The number of hydrogen-bond donors (Lipinski definition) is 2. The van der Waals surface area contributed by atoms with Crippen LogP contribution in [0.15, 0.2) is 9.52 Å². The molecule has 0 aliphatic carbocycles. The molecular formula is C21H39N5O3. The molecule has 1 unspecified atom stereocenters. The van der Waals surface area contributed by atoms with Crippen molar-refractivity contribution in [3.05, 3.63) is 17.0 Å². The van der Waals surface area contributed by atoms with Gasteiger partial charge >= 0.3 is 6.09 Å². The Morgan fingerprint density at radius 3 is 2.45 bits per heavy atom. The summed E-state index contributed by atoms with van der Waals surface area (Å²) in [5, 5.41) is 10.4. The number of ether oxygens (including phenoxy) is 1. The molecule has 0 aromatic carbocycles. The van der Waals surface area contributed by atoms with Gasteiger partial charge in [0.15, 0.2) is 5.96 Å². The molecule has 1 amide bonds. The van der Waals surface area contributed by atoms with E-state index in [4.69, 9.17) is 9.26 Å². The number of guanidine groups is 1. The molecule has 8 nitrogen and oxygen atoms in total. The number of aryl methyl sites for hydroxylation is 2. The van der Waals surface area contributed by atoms with Crippen LogP contribution >= 0.6 is 0 Å². The lowest BCUT2D eigenvalue weighted by Gasteiger charge is -2.28. The third-order valence-electron chi connectivity index (χ3n) is 4.70. The first kappa shape index (κ1) is 24.8. The molecule has 1 aromatic rings. The Balaban J connectivity index is 2.53. The fourth-order valence-electron chi connectivity index (χ4n) is 3.01. The summed E-state index contributed by atoms with van der Waals surface area (Å²) in [5.74, 6) is 1.97. The summed E-state index contributed by atoms with van der Waals surface area (Å²) < 4.78 is 10.6. The summed E-state index contributed by atoms with van der Waals surface area (Å²) in [7, 11) is 3.77. The fraction of sp³-hybridized carbons (Fsp3) is 0.762. The molecule has 2 N–H and O–H groups in total. The highest BCUT2D eigenvalue weighted by molar-refractivity contribution is 5.79. The first-order chi connectivity index (χ1) is 13.4. The van der Waals surface area contributed by atoms with Gasteiger partial charge < -0.3 is 24.8 Å². The zero-order chi connectivity index (χ0) is 22.2. The van der Waals surface area contributed by atoms with Crippen molar-refractivity contribution >= 4 is 12.1 Å². The summed E-state index contributed by atoms with van der Waals surface area (Å²) >= 11 is 0. The average molecular weight is 410 g/mol. The molecule has 1 rings (SSSR count). The highest BCUT2D eigenvalue weighted by Crippen LogP contribution is 2.13. The van der Waals surface area contributed by atoms with Crippen molar-refractivity contribution in [3.8, 4) is 0 Å². The summed E-state index contributed by atoms with van der Waals surface area (Å²) in [5.41, 5.74) is 1.56. The number of alkyl carbamates (subject to hydrolysis) is 1. The molecule has 0 fully saturated rings. The molecule has 0 spiro atoms. The second-order valence-corrected chi connectivity index (χ2v) is 8.73. The van der Waals surface area contributed by atoms with Crippen LogP contribution in [0.25, 0.3) is 0 Å². The van der Waals surface area contributed by atoms with Gasteiger partial charge in [-0.25, -0.2) is 4.79 Å². The van der Waals surface area contributed by atoms with Crippen molar-refractivity contribution in [1.82, 2.24) is 20.7 Å². The third kappa shape index (κ3) is 8.75. The molecule has 0 aliphatic heterocycles. The van der Waals surface area contributed by atoms with Crippen molar-refractivity contribution in [2.24, 2.45) is 10.9 Å². The van der Waals surface area contributed by atoms with Gasteiger partial charge in [-0.1, -0.05) is 19.0 Å². The third-order valence-corrected chi connectivity index (χ3v) is 4.70. The van der Waals surface area contributed by atoms with Gasteiger partial charge in [0.05, 0.1) is 5.69 Å². The Hall–Kier alpha value is -2.25. The largest absolute Gasteiger partial charge is 0.444 e. The molecule has 8 heteroatoms. The number of amides is 1. The topological polar surface area (TPSA) is 92.0 Å². The quantitative estimate of drug-likeness (QED) is 0.506. The van der Waals surface area contributed by atoms with Crippen LogP contribution in [0.1, 0.15) is 58.1 Å². The van der Waals surface area contributed by atoms with Crippen LogP contribution in [-0.4, -0.2) is 60.9 Å². The minimum absolute atomic E-state index is 0.0210. The Kier molecular flexibility index (Phi) is 9.46. The normalized spacial score (nSPS) is 13.4. The number of aromatic nitrogens is 1. The van der Waals surface area contributed by atoms with Crippen LogP contribution in [0, 0.1) is 19.8 Å². The summed E-state index contributed by atoms with van der Waals surface area (Å²) in [6, 6.07) is 0.0210. The number of carbonyl (C=O) groups is 1. The van der Waals surface area contributed by atoms with E-state index in [0.29, 0.717) is 5.92 Å². The van der Waals surface area contributed by atoms with E-state index < -0.39 is 5.60 Å². The number of nitrogens with one attached hydrogen (secondary N) is 2. The summed E-state index contributed by atoms with van der Waals surface area (Å²) in [6.45, 7) is 15.2. The lowest BCUT2D eigenvalue weighted by atomic mass is 10.0. The minimum Gasteiger partial charge on any atom is -0.444 e. The lowest BCUT2D eigenvalue weighted by molar-refractivity contribution is 0.0486. The molecule has 0 aliphatic rings. The predicted molar refractivity (Wildman–Crippen MR) is 116 cm³/mol. The Morgan fingerprint density at radius 1 is 1.31 bits per heavy atom. The van der Waals surface area contributed by atoms with Crippen LogP contribution in [0.5, 0.6) is 0 Å². The van der Waals surface area contributed by atoms with E-state index in [1.807, 2.05) is 41.7 Å². The number of hydrogen-bond acceptors (Lipinski definition) is 5. The van der Waals surface area contributed by atoms with Crippen LogP contribution in [0.3, 0.4) is 0 Å².